The van der Waals surface area contributed by atoms with E-state index in [0.29, 0.717) is 19.6 Å². The number of carbonyl (C=O) groups excluding carboxylic acids is 1. The molecular formula is C38H50O4Si. The molecule has 4 rings (SSSR count). The van der Waals surface area contributed by atoms with Crippen molar-refractivity contribution in [1.29, 1.82) is 0 Å². The number of allylic oxidation sites excluding steroid dienone is 1. The van der Waals surface area contributed by atoms with Gasteiger partial charge in [-0.05, 0) is 33.8 Å². The summed E-state index contributed by atoms with van der Waals surface area (Å²) in [6, 6.07) is 31.4. The van der Waals surface area contributed by atoms with Crippen molar-refractivity contribution in [3.63, 3.8) is 0 Å². The quantitative estimate of drug-likeness (QED) is 0.0723. The summed E-state index contributed by atoms with van der Waals surface area (Å²) in [7, 11) is -2.89. The van der Waals surface area contributed by atoms with Crippen molar-refractivity contribution in [1.82, 2.24) is 0 Å². The zero-order valence-electron chi connectivity index (χ0n) is 26.6. The van der Waals surface area contributed by atoms with Gasteiger partial charge in [-0.1, -0.05) is 157 Å². The fraction of sp³-hybridized carbons (Fsp3) is 0.447. The number of unbranched alkanes of at least 4 members (excludes halogenated alkanes) is 6. The molecule has 0 radical (unpaired) electrons. The first-order valence-electron chi connectivity index (χ1n) is 16.2. The van der Waals surface area contributed by atoms with Crippen LogP contribution in [0.4, 0.5) is 0 Å². The molecular weight excluding hydrogens is 549 g/mol. The predicted molar refractivity (Wildman–Crippen MR) is 179 cm³/mol. The van der Waals surface area contributed by atoms with Gasteiger partial charge in [-0.2, -0.15) is 0 Å². The van der Waals surface area contributed by atoms with Crippen LogP contribution in [0.25, 0.3) is 0 Å². The van der Waals surface area contributed by atoms with Gasteiger partial charge in [0.05, 0.1) is 13.2 Å². The number of benzene rings is 3. The number of rotatable bonds is 16. The minimum absolute atomic E-state index is 0.202. The molecule has 5 heteroatoms. The van der Waals surface area contributed by atoms with E-state index in [1.165, 1.54) is 42.5 Å². The predicted octanol–water partition coefficient (Wildman–Crippen LogP) is 8.14. The highest BCUT2D eigenvalue weighted by Gasteiger charge is 2.53. The Hall–Kier alpha value is -2.99. The van der Waals surface area contributed by atoms with Gasteiger partial charge < -0.3 is 13.9 Å². The molecule has 3 aromatic carbocycles. The summed E-state index contributed by atoms with van der Waals surface area (Å²) in [6.07, 6.45) is 10.2. The average Bonchev–Trinajstić information content (AvgIpc) is 3.39. The molecule has 1 saturated heterocycles. The van der Waals surface area contributed by atoms with E-state index in [1.54, 1.807) is 0 Å². The van der Waals surface area contributed by atoms with Crippen LogP contribution in [0, 0.1) is 0 Å². The average molecular weight is 599 g/mol. The van der Waals surface area contributed by atoms with E-state index in [9.17, 15) is 4.79 Å². The lowest BCUT2D eigenvalue weighted by atomic mass is 10.0. The molecule has 0 spiro atoms. The summed E-state index contributed by atoms with van der Waals surface area (Å²) in [6.45, 7) is 9.86. The molecule has 0 aliphatic carbocycles. The highest BCUT2D eigenvalue weighted by molar-refractivity contribution is 6.99. The summed E-state index contributed by atoms with van der Waals surface area (Å²) >= 11 is 0. The number of carbonyl (C=O) groups is 1. The van der Waals surface area contributed by atoms with E-state index in [0.717, 1.165) is 24.0 Å². The normalized spacial score (nSPS) is 17.3. The van der Waals surface area contributed by atoms with Crippen LogP contribution in [0.15, 0.2) is 103 Å². The van der Waals surface area contributed by atoms with Crippen molar-refractivity contribution < 1.29 is 18.7 Å². The number of hydrogen-bond acceptors (Lipinski definition) is 4. The second-order valence-corrected chi connectivity index (χ2v) is 17.0. The van der Waals surface area contributed by atoms with E-state index < -0.39 is 20.5 Å². The topological polar surface area (TPSA) is 44.8 Å². The zero-order chi connectivity index (χ0) is 30.5. The molecule has 0 aromatic heterocycles. The van der Waals surface area contributed by atoms with E-state index in [1.807, 2.05) is 18.2 Å². The molecule has 0 saturated carbocycles. The smallest absolute Gasteiger partial charge is 0.334 e. The monoisotopic (exact) mass is 598 g/mol. The van der Waals surface area contributed by atoms with Gasteiger partial charge in [0.1, 0.15) is 12.2 Å². The largest absolute Gasteiger partial charge is 0.456 e. The first-order valence-corrected chi connectivity index (χ1v) is 18.1. The van der Waals surface area contributed by atoms with Gasteiger partial charge >= 0.3 is 5.97 Å². The molecule has 1 fully saturated rings. The molecule has 1 aliphatic rings. The van der Waals surface area contributed by atoms with Crippen LogP contribution >= 0.6 is 0 Å². The third-order valence-corrected chi connectivity index (χ3v) is 13.5. The Balaban J connectivity index is 1.61. The molecule has 230 valence electrons. The number of cyclic esters (lactones) is 1. The summed E-state index contributed by atoms with van der Waals surface area (Å²) in [5, 5.41) is 2.20. The van der Waals surface area contributed by atoms with Crippen LogP contribution in [0.5, 0.6) is 0 Å². The van der Waals surface area contributed by atoms with Crippen LogP contribution < -0.4 is 10.4 Å². The van der Waals surface area contributed by atoms with Gasteiger partial charge in [-0.15, -0.1) is 0 Å². The molecule has 0 N–H and O–H groups in total. The third kappa shape index (κ3) is 8.78. The lowest BCUT2D eigenvalue weighted by Crippen LogP contribution is -2.68. The fourth-order valence-electron chi connectivity index (χ4n) is 6.13. The lowest BCUT2D eigenvalue weighted by molar-refractivity contribution is -0.144. The standard InChI is InChI=1S/C38H50O4Si/c1-5-6-7-8-9-10-16-23-32-28-35(41-37(32)39)36(30-40-29-31-21-14-11-15-22-31)42-43(38(2,3)4,33-24-17-12-18-25-33)34-26-19-13-20-27-34/h11-15,17-27,35-36H,5-10,16,28-30H2,1-4H3/b32-23-/t35-,36-/m0/s1. The van der Waals surface area contributed by atoms with Crippen molar-refractivity contribution in [2.24, 2.45) is 0 Å². The minimum Gasteiger partial charge on any atom is -0.456 e. The molecule has 0 unspecified atom stereocenters. The van der Waals surface area contributed by atoms with Crippen molar-refractivity contribution in [3.05, 3.63) is 108 Å². The summed E-state index contributed by atoms with van der Waals surface area (Å²) in [5.41, 5.74) is 1.88. The summed E-state index contributed by atoms with van der Waals surface area (Å²) in [4.78, 5) is 13.1. The number of ether oxygens (including phenoxy) is 2. The molecule has 0 amide bonds. The van der Waals surface area contributed by atoms with Gasteiger partial charge in [0.15, 0.2) is 0 Å². The maximum Gasteiger partial charge on any atom is 0.334 e. The van der Waals surface area contributed by atoms with E-state index >= 15 is 0 Å². The molecule has 0 bridgehead atoms. The van der Waals surface area contributed by atoms with Gasteiger partial charge in [0.25, 0.3) is 8.32 Å². The van der Waals surface area contributed by atoms with E-state index in [-0.39, 0.29) is 11.0 Å². The third-order valence-electron chi connectivity index (χ3n) is 8.44. The van der Waals surface area contributed by atoms with Crippen molar-refractivity contribution in [2.75, 3.05) is 6.61 Å². The second-order valence-electron chi connectivity index (χ2n) is 12.8. The summed E-state index contributed by atoms with van der Waals surface area (Å²) in [5.74, 6) is -0.213. The minimum atomic E-state index is -2.89. The molecule has 2 atom stereocenters. The zero-order valence-corrected chi connectivity index (χ0v) is 27.6. The lowest BCUT2D eigenvalue weighted by Gasteiger charge is -2.45. The first-order chi connectivity index (χ1) is 20.8. The Labute approximate surface area is 260 Å². The van der Waals surface area contributed by atoms with Gasteiger partial charge in [0.2, 0.25) is 0 Å². The van der Waals surface area contributed by atoms with Gasteiger partial charge in [-0.25, -0.2) is 4.79 Å². The summed E-state index contributed by atoms with van der Waals surface area (Å²) < 4.78 is 19.9. The molecule has 3 aromatic rings. The van der Waals surface area contributed by atoms with Crippen LogP contribution in [0.1, 0.15) is 84.6 Å². The van der Waals surface area contributed by atoms with Crippen LogP contribution in [-0.2, 0) is 25.3 Å². The maximum absolute atomic E-state index is 13.1. The van der Waals surface area contributed by atoms with Crippen LogP contribution in [0.3, 0.4) is 0 Å². The maximum atomic E-state index is 13.1. The Kier molecular flexibility index (Phi) is 12.4. The Morgan fingerprint density at radius 3 is 1.98 bits per heavy atom. The number of esters is 1. The molecule has 43 heavy (non-hydrogen) atoms. The van der Waals surface area contributed by atoms with Crippen LogP contribution in [-0.4, -0.2) is 33.1 Å². The Bertz CT molecular complexity index is 1230. The van der Waals surface area contributed by atoms with E-state index in [2.05, 4.69) is 107 Å². The number of hydrogen-bond donors (Lipinski definition) is 0. The van der Waals surface area contributed by atoms with Crippen molar-refractivity contribution in [2.45, 2.75) is 103 Å². The molecule has 1 heterocycles. The Morgan fingerprint density at radius 2 is 1.40 bits per heavy atom. The molecule has 1 aliphatic heterocycles. The Morgan fingerprint density at radius 1 is 0.837 bits per heavy atom. The second kappa shape index (κ2) is 16.2. The van der Waals surface area contributed by atoms with Gasteiger partial charge in [0, 0.05) is 12.0 Å². The van der Waals surface area contributed by atoms with Crippen molar-refractivity contribution in [3.8, 4) is 0 Å². The van der Waals surface area contributed by atoms with Crippen LogP contribution in [0.2, 0.25) is 5.04 Å². The first kappa shape index (κ1) is 32.9. The van der Waals surface area contributed by atoms with Gasteiger partial charge in [-0.3, -0.25) is 0 Å². The highest BCUT2D eigenvalue weighted by atomic mass is 28.4. The fourth-order valence-corrected chi connectivity index (χ4v) is 10.8. The van der Waals surface area contributed by atoms with E-state index in [4.69, 9.17) is 13.9 Å². The van der Waals surface area contributed by atoms with Crippen molar-refractivity contribution >= 4 is 24.7 Å². The molecule has 4 nitrogen and oxygen atoms in total. The SMILES string of the molecule is CCCCCCCC/C=C1/C[C@@H]([C@H](COCc2ccccc2)O[Si](c2ccccc2)(c2ccccc2)C(C)(C)C)OC1=O. The highest BCUT2D eigenvalue weighted by Crippen LogP contribution is 2.39.